The average molecular weight is 228 g/mol. The summed E-state index contributed by atoms with van der Waals surface area (Å²) in [5.74, 6) is 0.755. The lowest BCUT2D eigenvalue weighted by molar-refractivity contribution is -0.0893. The Labute approximate surface area is 100 Å². The maximum Gasteiger partial charge on any atom is 0.0607 e. The molecule has 96 valence electrons. The molecule has 1 aliphatic rings. The van der Waals surface area contributed by atoms with Gasteiger partial charge in [0.1, 0.15) is 0 Å². The second-order valence-corrected chi connectivity index (χ2v) is 5.25. The van der Waals surface area contributed by atoms with E-state index < -0.39 is 0 Å². The van der Waals surface area contributed by atoms with Crippen LogP contribution >= 0.6 is 0 Å². The first-order chi connectivity index (χ1) is 7.61. The van der Waals surface area contributed by atoms with Crippen LogP contribution in [0, 0.1) is 5.92 Å². The van der Waals surface area contributed by atoms with Crippen LogP contribution in [-0.2, 0) is 4.74 Å². The summed E-state index contributed by atoms with van der Waals surface area (Å²) in [7, 11) is 1.80. The zero-order chi connectivity index (χ0) is 12.2. The molecule has 1 fully saturated rings. The Bertz CT molecular complexity index is 202. The Hall–Kier alpha value is -0.120. The van der Waals surface area contributed by atoms with Crippen LogP contribution in [0.4, 0.5) is 0 Å². The predicted octanol–water partition coefficient (Wildman–Crippen LogP) is 1.86. The van der Waals surface area contributed by atoms with Crippen molar-refractivity contribution in [1.82, 2.24) is 4.90 Å². The van der Waals surface area contributed by atoms with Gasteiger partial charge in [0.15, 0.2) is 0 Å². The number of nitrogens with zero attached hydrogens (tertiary/aromatic N) is 1. The molecule has 1 unspecified atom stereocenters. The van der Waals surface area contributed by atoms with Crippen LogP contribution in [0.3, 0.4) is 0 Å². The van der Waals surface area contributed by atoms with E-state index in [0.717, 1.165) is 31.8 Å². The number of rotatable bonds is 7. The molecule has 1 rings (SSSR count). The number of nitrogens with two attached hydrogens (primary N) is 1. The highest BCUT2D eigenvalue weighted by molar-refractivity contribution is 5.04. The number of likely N-dealkylation sites (N-methyl/N-ethyl adjacent to an activating group) is 1. The normalized spacial score (nSPS) is 31.5. The minimum Gasteiger partial charge on any atom is -0.381 e. The minimum atomic E-state index is 0.221. The van der Waals surface area contributed by atoms with Crippen LogP contribution in [0.1, 0.15) is 40.0 Å². The highest BCUT2D eigenvalue weighted by Crippen LogP contribution is 2.39. The van der Waals surface area contributed by atoms with Crippen molar-refractivity contribution in [3.63, 3.8) is 0 Å². The second kappa shape index (κ2) is 5.99. The molecule has 0 radical (unpaired) electrons. The van der Waals surface area contributed by atoms with Crippen molar-refractivity contribution in [1.29, 1.82) is 0 Å². The maximum atomic E-state index is 5.98. The Balaban J connectivity index is 2.56. The van der Waals surface area contributed by atoms with E-state index in [1.54, 1.807) is 7.11 Å². The Morgan fingerprint density at radius 2 is 2.06 bits per heavy atom. The van der Waals surface area contributed by atoms with Crippen molar-refractivity contribution in [2.75, 3.05) is 26.7 Å². The SMILES string of the molecule is CCC(C)CN(CC)C1(CN)CC(OC)C1. The van der Waals surface area contributed by atoms with Gasteiger partial charge < -0.3 is 10.5 Å². The fraction of sp³-hybridized carbons (Fsp3) is 1.00. The van der Waals surface area contributed by atoms with E-state index in [1.165, 1.54) is 13.0 Å². The van der Waals surface area contributed by atoms with Crippen molar-refractivity contribution < 1.29 is 4.74 Å². The molecule has 0 aromatic rings. The summed E-state index contributed by atoms with van der Waals surface area (Å²) in [6.07, 6.45) is 3.87. The molecule has 1 saturated carbocycles. The summed E-state index contributed by atoms with van der Waals surface area (Å²) < 4.78 is 5.39. The molecule has 0 heterocycles. The number of hydrogen-bond donors (Lipinski definition) is 1. The van der Waals surface area contributed by atoms with Gasteiger partial charge in [0, 0.05) is 25.7 Å². The third-order valence-corrected chi connectivity index (χ3v) is 4.21. The first-order valence-corrected chi connectivity index (χ1v) is 6.59. The summed E-state index contributed by atoms with van der Waals surface area (Å²) in [5.41, 5.74) is 6.20. The van der Waals surface area contributed by atoms with Gasteiger partial charge in [-0.2, -0.15) is 0 Å². The van der Waals surface area contributed by atoms with Gasteiger partial charge in [-0.3, -0.25) is 4.90 Å². The topological polar surface area (TPSA) is 38.5 Å². The summed E-state index contributed by atoms with van der Waals surface area (Å²) in [4.78, 5) is 2.57. The smallest absolute Gasteiger partial charge is 0.0607 e. The molecule has 0 aromatic carbocycles. The second-order valence-electron chi connectivity index (χ2n) is 5.25. The van der Waals surface area contributed by atoms with Crippen LogP contribution in [0.15, 0.2) is 0 Å². The van der Waals surface area contributed by atoms with Gasteiger partial charge in [0.25, 0.3) is 0 Å². The summed E-state index contributed by atoms with van der Waals surface area (Å²) in [6.45, 7) is 9.83. The first kappa shape index (κ1) is 13.9. The Morgan fingerprint density at radius 1 is 1.44 bits per heavy atom. The third kappa shape index (κ3) is 2.76. The highest BCUT2D eigenvalue weighted by atomic mass is 16.5. The van der Waals surface area contributed by atoms with E-state index in [1.807, 2.05) is 0 Å². The molecule has 0 saturated heterocycles. The Kier molecular flexibility index (Phi) is 5.22. The van der Waals surface area contributed by atoms with Gasteiger partial charge in [-0.15, -0.1) is 0 Å². The predicted molar refractivity (Wildman–Crippen MR) is 68.5 cm³/mol. The molecule has 0 aromatic heterocycles. The van der Waals surface area contributed by atoms with E-state index in [0.29, 0.717) is 6.10 Å². The van der Waals surface area contributed by atoms with E-state index in [-0.39, 0.29) is 5.54 Å². The fourth-order valence-electron chi connectivity index (χ4n) is 2.67. The van der Waals surface area contributed by atoms with Crippen LogP contribution in [0.5, 0.6) is 0 Å². The van der Waals surface area contributed by atoms with Crippen molar-refractivity contribution >= 4 is 0 Å². The standard InChI is InChI=1S/C13H28N2O/c1-5-11(3)9-15(6-2)13(10-14)7-12(8-13)16-4/h11-12H,5-10,14H2,1-4H3. The van der Waals surface area contributed by atoms with Gasteiger partial charge in [-0.05, 0) is 25.3 Å². The van der Waals surface area contributed by atoms with Crippen molar-refractivity contribution in [3.05, 3.63) is 0 Å². The minimum absolute atomic E-state index is 0.221. The summed E-state index contributed by atoms with van der Waals surface area (Å²) >= 11 is 0. The zero-order valence-electron chi connectivity index (χ0n) is 11.3. The van der Waals surface area contributed by atoms with Crippen molar-refractivity contribution in [2.45, 2.75) is 51.7 Å². The summed E-state index contributed by atoms with van der Waals surface area (Å²) in [5, 5.41) is 0. The third-order valence-electron chi connectivity index (χ3n) is 4.21. The zero-order valence-corrected chi connectivity index (χ0v) is 11.3. The van der Waals surface area contributed by atoms with E-state index in [9.17, 15) is 0 Å². The number of hydrogen-bond acceptors (Lipinski definition) is 3. The number of methoxy groups -OCH3 is 1. The van der Waals surface area contributed by atoms with Gasteiger partial charge in [0.05, 0.1) is 6.10 Å². The van der Waals surface area contributed by atoms with Crippen molar-refractivity contribution in [2.24, 2.45) is 11.7 Å². The molecule has 3 nitrogen and oxygen atoms in total. The quantitative estimate of drug-likeness (QED) is 0.723. The lowest BCUT2D eigenvalue weighted by atomic mass is 9.72. The molecule has 0 aliphatic heterocycles. The largest absolute Gasteiger partial charge is 0.381 e. The van der Waals surface area contributed by atoms with Gasteiger partial charge in [0.2, 0.25) is 0 Å². The van der Waals surface area contributed by atoms with Gasteiger partial charge >= 0.3 is 0 Å². The molecular formula is C13H28N2O. The van der Waals surface area contributed by atoms with Crippen LogP contribution in [-0.4, -0.2) is 43.3 Å². The molecular weight excluding hydrogens is 200 g/mol. The average Bonchev–Trinajstić information content (AvgIpc) is 2.26. The van der Waals surface area contributed by atoms with E-state index >= 15 is 0 Å². The highest BCUT2D eigenvalue weighted by Gasteiger charge is 2.47. The van der Waals surface area contributed by atoms with Crippen LogP contribution < -0.4 is 5.73 Å². The molecule has 0 bridgehead atoms. The van der Waals surface area contributed by atoms with Gasteiger partial charge in [-0.25, -0.2) is 0 Å². The lowest BCUT2D eigenvalue weighted by Crippen LogP contribution is -2.64. The van der Waals surface area contributed by atoms with Crippen LogP contribution in [0.2, 0.25) is 0 Å². The molecule has 2 N–H and O–H groups in total. The Morgan fingerprint density at radius 3 is 2.44 bits per heavy atom. The molecule has 0 spiro atoms. The molecule has 0 amide bonds. The fourth-order valence-corrected chi connectivity index (χ4v) is 2.67. The summed E-state index contributed by atoms with van der Waals surface area (Å²) in [6, 6.07) is 0. The number of ether oxygens (including phenoxy) is 1. The molecule has 16 heavy (non-hydrogen) atoms. The first-order valence-electron chi connectivity index (χ1n) is 6.59. The van der Waals surface area contributed by atoms with Crippen molar-refractivity contribution in [3.8, 4) is 0 Å². The van der Waals surface area contributed by atoms with Crippen LogP contribution in [0.25, 0.3) is 0 Å². The molecule has 3 heteroatoms. The lowest BCUT2D eigenvalue weighted by Gasteiger charge is -2.53. The monoisotopic (exact) mass is 228 g/mol. The molecule has 1 atom stereocenters. The maximum absolute atomic E-state index is 5.98. The van der Waals surface area contributed by atoms with Gasteiger partial charge in [-0.1, -0.05) is 27.2 Å². The molecule has 1 aliphatic carbocycles. The van der Waals surface area contributed by atoms with E-state index in [4.69, 9.17) is 10.5 Å². The van der Waals surface area contributed by atoms with E-state index in [2.05, 4.69) is 25.7 Å².